The number of hydrogen-bond acceptors (Lipinski definition) is 4. The van der Waals surface area contributed by atoms with Gasteiger partial charge in [-0.1, -0.05) is 12.1 Å². The molecule has 0 aromatic carbocycles. The highest BCUT2D eigenvalue weighted by Gasteiger charge is 2.18. The van der Waals surface area contributed by atoms with E-state index in [4.69, 9.17) is 0 Å². The van der Waals surface area contributed by atoms with E-state index < -0.39 is 0 Å². The molecule has 5 nitrogen and oxygen atoms in total. The smallest absolute Gasteiger partial charge is 0.317 e. The second-order valence-corrected chi connectivity index (χ2v) is 6.32. The molecule has 0 bridgehead atoms. The van der Waals surface area contributed by atoms with Crippen LogP contribution in [0.1, 0.15) is 23.4 Å². The molecule has 0 aliphatic heterocycles. The van der Waals surface area contributed by atoms with E-state index in [1.54, 1.807) is 22.4 Å². The van der Waals surface area contributed by atoms with Crippen LogP contribution < -0.4 is 10.2 Å². The number of carbonyl (C=O) groups excluding carboxylic acids is 1. The Bertz CT molecular complexity index is 612. The topological polar surface area (TPSA) is 48.5 Å². The first-order valence-corrected chi connectivity index (χ1v) is 8.04. The fourth-order valence-electron chi connectivity index (χ4n) is 2.16. The number of aromatic nitrogens is 1. The molecule has 6 heteroatoms. The fraction of sp³-hybridized carbons (Fsp3) is 0.375. The Morgan fingerprint density at radius 3 is 2.73 bits per heavy atom. The number of anilines is 1. The Hall–Kier alpha value is -2.08. The minimum Gasteiger partial charge on any atom is -0.362 e. The molecule has 0 aliphatic rings. The van der Waals surface area contributed by atoms with Gasteiger partial charge in [0, 0.05) is 44.3 Å². The molecule has 0 radical (unpaired) electrons. The fourth-order valence-corrected chi connectivity index (χ4v) is 2.99. The predicted molar refractivity (Wildman–Crippen MR) is 91.3 cm³/mol. The van der Waals surface area contributed by atoms with Gasteiger partial charge in [0.25, 0.3) is 0 Å². The first-order chi connectivity index (χ1) is 10.5. The number of pyridine rings is 1. The largest absolute Gasteiger partial charge is 0.362 e. The van der Waals surface area contributed by atoms with Crippen LogP contribution in [0.25, 0.3) is 0 Å². The highest BCUT2D eigenvalue weighted by Crippen LogP contribution is 2.23. The molecule has 1 atom stereocenters. The third-order valence-corrected chi connectivity index (χ3v) is 4.62. The monoisotopic (exact) mass is 318 g/mol. The van der Waals surface area contributed by atoms with Crippen molar-refractivity contribution in [2.75, 3.05) is 26.0 Å². The molecule has 1 N–H and O–H groups in total. The summed E-state index contributed by atoms with van der Waals surface area (Å²) in [4.78, 5) is 21.5. The summed E-state index contributed by atoms with van der Waals surface area (Å²) in [5, 5.41) is 4.99. The lowest BCUT2D eigenvalue weighted by atomic mass is 10.2. The van der Waals surface area contributed by atoms with Gasteiger partial charge in [-0.3, -0.25) is 0 Å². The maximum Gasteiger partial charge on any atom is 0.317 e. The van der Waals surface area contributed by atoms with Gasteiger partial charge in [0.1, 0.15) is 5.82 Å². The summed E-state index contributed by atoms with van der Waals surface area (Å²) in [6.45, 7) is 2.49. The van der Waals surface area contributed by atoms with Crippen molar-refractivity contribution in [2.24, 2.45) is 0 Å². The Labute approximate surface area is 135 Å². The van der Waals surface area contributed by atoms with Gasteiger partial charge in [-0.25, -0.2) is 9.78 Å². The van der Waals surface area contributed by atoms with E-state index in [9.17, 15) is 4.79 Å². The number of rotatable bonds is 5. The van der Waals surface area contributed by atoms with Crippen LogP contribution in [-0.4, -0.2) is 37.1 Å². The lowest BCUT2D eigenvalue weighted by molar-refractivity contribution is 0.195. The van der Waals surface area contributed by atoms with Gasteiger partial charge in [0.05, 0.1) is 6.04 Å². The summed E-state index contributed by atoms with van der Waals surface area (Å²) in [5.74, 6) is 0.872. The van der Waals surface area contributed by atoms with Crippen LogP contribution in [0.2, 0.25) is 0 Å². The van der Waals surface area contributed by atoms with E-state index in [2.05, 4.69) is 10.3 Å². The third kappa shape index (κ3) is 3.76. The van der Waals surface area contributed by atoms with Crippen molar-refractivity contribution in [3.8, 4) is 0 Å². The zero-order valence-corrected chi connectivity index (χ0v) is 14.2. The second-order valence-electron chi connectivity index (χ2n) is 5.34. The molecule has 0 fully saturated rings. The first-order valence-electron chi connectivity index (χ1n) is 7.16. The van der Waals surface area contributed by atoms with E-state index >= 15 is 0 Å². The summed E-state index contributed by atoms with van der Waals surface area (Å²) in [6, 6.07) is 7.88. The highest BCUT2D eigenvalue weighted by molar-refractivity contribution is 7.10. The normalized spacial score (nSPS) is 11.8. The summed E-state index contributed by atoms with van der Waals surface area (Å²) in [5.41, 5.74) is 0.998. The molecule has 118 valence electrons. The van der Waals surface area contributed by atoms with Gasteiger partial charge in [-0.05, 0) is 24.4 Å². The second kappa shape index (κ2) is 7.26. The number of carbonyl (C=O) groups is 1. The van der Waals surface area contributed by atoms with Gasteiger partial charge in [0.15, 0.2) is 0 Å². The van der Waals surface area contributed by atoms with Crippen molar-refractivity contribution in [1.29, 1.82) is 0 Å². The van der Waals surface area contributed by atoms with Gasteiger partial charge in [-0.2, -0.15) is 0 Å². The van der Waals surface area contributed by atoms with Crippen LogP contribution in [0, 0.1) is 0 Å². The van der Waals surface area contributed by atoms with Crippen LogP contribution in [0.3, 0.4) is 0 Å². The van der Waals surface area contributed by atoms with Crippen LogP contribution >= 0.6 is 11.3 Å². The number of nitrogens with zero attached hydrogens (tertiary/aromatic N) is 3. The Balaban J connectivity index is 1.98. The first kappa shape index (κ1) is 16.3. The maximum atomic E-state index is 12.3. The average molecular weight is 318 g/mol. The zero-order valence-electron chi connectivity index (χ0n) is 13.4. The molecule has 0 saturated carbocycles. The summed E-state index contributed by atoms with van der Waals surface area (Å²) in [6.07, 6.45) is 1.76. The summed E-state index contributed by atoms with van der Waals surface area (Å²) < 4.78 is 0. The maximum absolute atomic E-state index is 12.3. The lowest BCUT2D eigenvalue weighted by Gasteiger charge is -2.25. The molecular formula is C16H22N4OS. The molecule has 2 rings (SSSR count). The van der Waals surface area contributed by atoms with Crippen molar-refractivity contribution in [3.05, 3.63) is 46.3 Å². The van der Waals surface area contributed by atoms with Gasteiger partial charge in [0.2, 0.25) is 0 Å². The SMILES string of the molecule is C[C@@H](c1cccs1)N(C)C(=O)NCc1cccnc1N(C)C. The molecule has 0 spiro atoms. The minimum atomic E-state index is -0.0885. The van der Waals surface area contributed by atoms with E-state index in [1.807, 2.05) is 62.6 Å². The molecule has 2 amide bonds. The Morgan fingerprint density at radius 2 is 2.09 bits per heavy atom. The highest BCUT2D eigenvalue weighted by atomic mass is 32.1. The van der Waals surface area contributed by atoms with Gasteiger partial charge >= 0.3 is 6.03 Å². The quantitative estimate of drug-likeness (QED) is 0.921. The van der Waals surface area contributed by atoms with E-state index in [-0.39, 0.29) is 12.1 Å². The minimum absolute atomic E-state index is 0.0576. The third-order valence-electron chi connectivity index (χ3n) is 3.58. The van der Waals surface area contributed by atoms with Crippen molar-refractivity contribution in [2.45, 2.75) is 19.5 Å². The average Bonchev–Trinajstić information content (AvgIpc) is 3.05. The molecule has 2 aromatic rings. The molecule has 0 aliphatic carbocycles. The summed E-state index contributed by atoms with van der Waals surface area (Å²) in [7, 11) is 5.70. The van der Waals surface area contributed by atoms with Crippen LogP contribution in [0.4, 0.5) is 10.6 Å². The van der Waals surface area contributed by atoms with Crippen LogP contribution in [0.5, 0.6) is 0 Å². The Morgan fingerprint density at radius 1 is 1.32 bits per heavy atom. The zero-order chi connectivity index (χ0) is 16.1. The molecular weight excluding hydrogens is 296 g/mol. The van der Waals surface area contributed by atoms with E-state index in [0.29, 0.717) is 6.54 Å². The van der Waals surface area contributed by atoms with Gasteiger partial charge < -0.3 is 15.1 Å². The lowest BCUT2D eigenvalue weighted by Crippen LogP contribution is -2.38. The number of nitrogens with one attached hydrogen (secondary N) is 1. The van der Waals surface area contributed by atoms with Crippen molar-refractivity contribution < 1.29 is 4.79 Å². The Kier molecular flexibility index (Phi) is 5.38. The van der Waals surface area contributed by atoms with E-state index in [0.717, 1.165) is 11.4 Å². The van der Waals surface area contributed by atoms with Gasteiger partial charge in [-0.15, -0.1) is 11.3 Å². The number of urea groups is 1. The number of hydrogen-bond donors (Lipinski definition) is 1. The van der Waals surface area contributed by atoms with Crippen molar-refractivity contribution in [1.82, 2.24) is 15.2 Å². The number of amides is 2. The van der Waals surface area contributed by atoms with Crippen LogP contribution in [0.15, 0.2) is 35.8 Å². The standard InChI is InChI=1S/C16H22N4OS/c1-12(14-8-6-10-22-14)20(4)16(21)18-11-13-7-5-9-17-15(13)19(2)3/h5-10,12H,11H2,1-4H3,(H,18,21)/t12-/m0/s1. The molecule has 0 saturated heterocycles. The molecule has 2 aromatic heterocycles. The molecule has 0 unspecified atom stereocenters. The van der Waals surface area contributed by atoms with Crippen molar-refractivity contribution >= 4 is 23.2 Å². The summed E-state index contributed by atoms with van der Waals surface area (Å²) >= 11 is 1.66. The van der Waals surface area contributed by atoms with Crippen LogP contribution in [-0.2, 0) is 6.54 Å². The molecule has 2 heterocycles. The van der Waals surface area contributed by atoms with Crippen molar-refractivity contribution in [3.63, 3.8) is 0 Å². The van der Waals surface area contributed by atoms with E-state index in [1.165, 1.54) is 4.88 Å². The number of thiophene rings is 1. The predicted octanol–water partition coefficient (Wildman–Crippen LogP) is 3.11. The molecule has 22 heavy (non-hydrogen) atoms.